The topological polar surface area (TPSA) is 42.4 Å². The summed E-state index contributed by atoms with van der Waals surface area (Å²) >= 11 is 1.53. The van der Waals surface area contributed by atoms with Gasteiger partial charge >= 0.3 is 0 Å². The van der Waals surface area contributed by atoms with Crippen LogP contribution in [0.4, 0.5) is 5.69 Å². The Bertz CT molecular complexity index is 974. The number of thiazole rings is 1. The third-order valence-electron chi connectivity index (χ3n) is 4.57. The number of carbonyl (C=O) groups excluding carboxylic acids is 1. The van der Waals surface area contributed by atoms with Crippen LogP contribution in [0.15, 0.2) is 48.0 Å². The van der Waals surface area contributed by atoms with Crippen LogP contribution in [0.25, 0.3) is 10.2 Å². The maximum Gasteiger partial charge on any atom is 0.258 e. The van der Waals surface area contributed by atoms with Crippen LogP contribution in [0.5, 0.6) is 5.75 Å². The predicted molar refractivity (Wildman–Crippen MR) is 116 cm³/mol. The maximum atomic E-state index is 12.9. The fourth-order valence-corrected chi connectivity index (χ4v) is 3.67. The van der Waals surface area contributed by atoms with Gasteiger partial charge < -0.3 is 9.64 Å². The molecule has 0 radical (unpaired) electrons. The standard InChI is InChI=1S/C23H24N2O2S/c1-3-4-5-6-7-8-14-27-20-11-9-10-19(16-20)25(2)23(26)18-12-13-21-22(15-18)28-17-24-21/h1,9-13,15-17H,4-8,14H2,2H3. The zero-order valence-corrected chi connectivity index (χ0v) is 16.9. The van der Waals surface area contributed by atoms with Gasteiger partial charge in [0.05, 0.1) is 22.3 Å². The quantitative estimate of drug-likeness (QED) is 0.355. The summed E-state index contributed by atoms with van der Waals surface area (Å²) in [6.07, 6.45) is 10.4. The number of hydrogen-bond acceptors (Lipinski definition) is 4. The lowest BCUT2D eigenvalue weighted by molar-refractivity contribution is 0.0993. The average Bonchev–Trinajstić information content (AvgIpc) is 3.20. The van der Waals surface area contributed by atoms with E-state index in [0.29, 0.717) is 12.2 Å². The van der Waals surface area contributed by atoms with E-state index in [-0.39, 0.29) is 5.91 Å². The Kier molecular flexibility index (Phi) is 7.05. The lowest BCUT2D eigenvalue weighted by Gasteiger charge is -2.18. The number of ether oxygens (including phenoxy) is 1. The first-order chi connectivity index (χ1) is 13.7. The van der Waals surface area contributed by atoms with E-state index in [1.165, 1.54) is 11.3 Å². The lowest BCUT2D eigenvalue weighted by atomic mass is 10.1. The second-order valence-electron chi connectivity index (χ2n) is 6.61. The molecule has 1 heterocycles. The van der Waals surface area contributed by atoms with Crippen LogP contribution < -0.4 is 9.64 Å². The van der Waals surface area contributed by atoms with Crippen molar-refractivity contribution in [2.24, 2.45) is 0 Å². The number of carbonyl (C=O) groups is 1. The molecule has 1 aromatic heterocycles. The van der Waals surface area contributed by atoms with Gasteiger partial charge in [0.15, 0.2) is 0 Å². The third kappa shape index (κ3) is 5.11. The third-order valence-corrected chi connectivity index (χ3v) is 5.36. The van der Waals surface area contributed by atoms with Gasteiger partial charge in [0.25, 0.3) is 5.91 Å². The van der Waals surface area contributed by atoms with Crippen LogP contribution in [-0.4, -0.2) is 24.5 Å². The van der Waals surface area contributed by atoms with Crippen LogP contribution >= 0.6 is 11.3 Å². The van der Waals surface area contributed by atoms with Gasteiger partial charge in [0.1, 0.15) is 5.75 Å². The Hall–Kier alpha value is -2.84. The lowest BCUT2D eigenvalue weighted by Crippen LogP contribution is -2.26. The van der Waals surface area contributed by atoms with E-state index in [0.717, 1.165) is 53.8 Å². The van der Waals surface area contributed by atoms with Crippen molar-refractivity contribution in [1.82, 2.24) is 4.98 Å². The van der Waals surface area contributed by atoms with E-state index in [1.54, 1.807) is 17.5 Å². The highest BCUT2D eigenvalue weighted by Crippen LogP contribution is 2.24. The van der Waals surface area contributed by atoms with Crippen molar-refractivity contribution in [3.8, 4) is 18.1 Å². The molecule has 0 atom stereocenters. The molecule has 0 spiro atoms. The van der Waals surface area contributed by atoms with Crippen molar-refractivity contribution >= 4 is 33.1 Å². The van der Waals surface area contributed by atoms with Crippen molar-refractivity contribution in [2.75, 3.05) is 18.6 Å². The highest BCUT2D eigenvalue weighted by atomic mass is 32.1. The molecule has 28 heavy (non-hydrogen) atoms. The highest BCUT2D eigenvalue weighted by molar-refractivity contribution is 7.16. The molecule has 1 amide bonds. The summed E-state index contributed by atoms with van der Waals surface area (Å²) in [6.45, 7) is 0.666. The van der Waals surface area contributed by atoms with Crippen LogP contribution in [0.3, 0.4) is 0 Å². The molecule has 0 saturated heterocycles. The molecule has 0 bridgehead atoms. The molecule has 0 aliphatic heterocycles. The smallest absolute Gasteiger partial charge is 0.258 e. The molecule has 0 aliphatic carbocycles. The second kappa shape index (κ2) is 9.91. The summed E-state index contributed by atoms with van der Waals surface area (Å²) in [5.74, 6) is 3.39. The van der Waals surface area contributed by atoms with Crippen molar-refractivity contribution in [2.45, 2.75) is 32.1 Å². The van der Waals surface area contributed by atoms with Crippen LogP contribution in [0, 0.1) is 12.3 Å². The number of nitrogens with zero attached hydrogens (tertiary/aromatic N) is 2. The number of fused-ring (bicyclic) bond motifs is 1. The SMILES string of the molecule is C#CCCCCCCOc1cccc(N(C)C(=O)c2ccc3ncsc3c2)c1. The summed E-state index contributed by atoms with van der Waals surface area (Å²) in [6, 6.07) is 13.2. The Balaban J connectivity index is 1.57. The van der Waals surface area contributed by atoms with Crippen molar-refractivity contribution in [3.63, 3.8) is 0 Å². The molecule has 0 aliphatic rings. The number of benzene rings is 2. The highest BCUT2D eigenvalue weighted by Gasteiger charge is 2.15. The minimum atomic E-state index is -0.0547. The Labute approximate surface area is 170 Å². The Morgan fingerprint density at radius 2 is 2.04 bits per heavy atom. The van der Waals surface area contributed by atoms with E-state index >= 15 is 0 Å². The first-order valence-corrected chi connectivity index (χ1v) is 10.3. The minimum Gasteiger partial charge on any atom is -0.494 e. The summed E-state index contributed by atoms with van der Waals surface area (Å²) in [5.41, 5.74) is 4.16. The number of terminal acetylenes is 1. The molecule has 5 heteroatoms. The van der Waals surface area contributed by atoms with Gasteiger partial charge in [0, 0.05) is 30.8 Å². The fourth-order valence-electron chi connectivity index (χ4n) is 2.95. The van der Waals surface area contributed by atoms with Gasteiger partial charge in [-0.3, -0.25) is 4.79 Å². The zero-order chi connectivity index (χ0) is 19.8. The molecule has 2 aromatic carbocycles. The van der Waals surface area contributed by atoms with E-state index < -0.39 is 0 Å². The molecule has 0 fully saturated rings. The minimum absolute atomic E-state index is 0.0547. The Morgan fingerprint density at radius 1 is 1.18 bits per heavy atom. The van der Waals surface area contributed by atoms with Gasteiger partial charge in [0.2, 0.25) is 0 Å². The molecule has 0 N–H and O–H groups in total. The van der Waals surface area contributed by atoms with Crippen LogP contribution in [0.1, 0.15) is 42.5 Å². The van der Waals surface area contributed by atoms with Crippen LogP contribution in [-0.2, 0) is 0 Å². The predicted octanol–water partition coefficient (Wildman–Crippen LogP) is 5.54. The van der Waals surface area contributed by atoms with E-state index in [1.807, 2.05) is 42.5 Å². The number of anilines is 1. The van der Waals surface area contributed by atoms with Gasteiger partial charge in [-0.2, -0.15) is 0 Å². The van der Waals surface area contributed by atoms with Crippen molar-refractivity contribution in [1.29, 1.82) is 0 Å². The number of unbranched alkanes of at least 4 members (excludes halogenated alkanes) is 4. The summed E-state index contributed by atoms with van der Waals surface area (Å²) in [4.78, 5) is 18.8. The fraction of sp³-hybridized carbons (Fsp3) is 0.304. The van der Waals surface area contributed by atoms with E-state index in [4.69, 9.17) is 11.2 Å². The van der Waals surface area contributed by atoms with E-state index in [9.17, 15) is 4.79 Å². The largest absolute Gasteiger partial charge is 0.494 e. The molecule has 144 valence electrons. The molecule has 0 saturated carbocycles. The molecular formula is C23H24N2O2S. The van der Waals surface area contributed by atoms with Crippen molar-refractivity contribution in [3.05, 3.63) is 53.5 Å². The van der Waals surface area contributed by atoms with Gasteiger partial charge in [-0.25, -0.2) is 4.98 Å². The Morgan fingerprint density at radius 3 is 2.89 bits per heavy atom. The molecule has 4 nitrogen and oxygen atoms in total. The number of rotatable bonds is 9. The maximum absolute atomic E-state index is 12.9. The van der Waals surface area contributed by atoms with Gasteiger partial charge in [-0.15, -0.1) is 23.7 Å². The number of hydrogen-bond donors (Lipinski definition) is 0. The molecule has 3 aromatic rings. The summed E-state index contributed by atoms with van der Waals surface area (Å²) in [7, 11) is 1.78. The van der Waals surface area contributed by atoms with Gasteiger partial charge in [-0.05, 0) is 43.2 Å². The summed E-state index contributed by atoms with van der Waals surface area (Å²) in [5, 5.41) is 0. The number of amides is 1. The molecule has 0 unspecified atom stereocenters. The monoisotopic (exact) mass is 392 g/mol. The van der Waals surface area contributed by atoms with Crippen LogP contribution in [0.2, 0.25) is 0 Å². The van der Waals surface area contributed by atoms with E-state index in [2.05, 4.69) is 10.9 Å². The van der Waals surface area contributed by atoms with Gasteiger partial charge in [-0.1, -0.05) is 18.9 Å². The summed E-state index contributed by atoms with van der Waals surface area (Å²) < 4.78 is 6.86. The average molecular weight is 393 g/mol. The second-order valence-corrected chi connectivity index (χ2v) is 7.50. The molecule has 3 rings (SSSR count). The normalized spacial score (nSPS) is 10.6. The molecular weight excluding hydrogens is 368 g/mol. The zero-order valence-electron chi connectivity index (χ0n) is 16.1. The van der Waals surface area contributed by atoms with Crippen molar-refractivity contribution < 1.29 is 9.53 Å². The first kappa shape index (κ1) is 19.9. The first-order valence-electron chi connectivity index (χ1n) is 9.46. The number of aromatic nitrogens is 1.